The van der Waals surface area contributed by atoms with Gasteiger partial charge >= 0.3 is 0 Å². The van der Waals surface area contributed by atoms with E-state index in [1.165, 1.54) is 12.3 Å². The molecule has 3 aromatic carbocycles. The number of nitrogens with one attached hydrogen (secondary N) is 2. The van der Waals surface area contributed by atoms with E-state index >= 15 is 0 Å². The van der Waals surface area contributed by atoms with Crippen molar-refractivity contribution in [3.63, 3.8) is 0 Å². The molecule has 3 rings (SSSR count). The number of hydrazone groups is 1. The molecule has 0 radical (unpaired) electrons. The van der Waals surface area contributed by atoms with Crippen LogP contribution in [0.1, 0.15) is 38.3 Å². The molecule has 40 heavy (non-hydrogen) atoms. The number of rotatable bonds is 12. The van der Waals surface area contributed by atoms with Gasteiger partial charge in [-0.15, -0.1) is 0 Å². The maximum Gasteiger partial charge on any atom is 0.262 e. The van der Waals surface area contributed by atoms with Gasteiger partial charge in [-0.05, 0) is 61.7 Å². The molecule has 212 valence electrons. The van der Waals surface area contributed by atoms with Gasteiger partial charge in [-0.3, -0.25) is 9.59 Å². The van der Waals surface area contributed by atoms with Crippen molar-refractivity contribution in [2.24, 2.45) is 11.0 Å². The van der Waals surface area contributed by atoms with Crippen LogP contribution in [0.25, 0.3) is 0 Å². The number of benzene rings is 3. The number of amides is 2. The molecule has 0 aliphatic rings. The number of hydrogen-bond donors (Lipinski definition) is 2. The first-order chi connectivity index (χ1) is 19.0. The summed E-state index contributed by atoms with van der Waals surface area (Å²) in [6.45, 7) is 5.74. The third-order valence-electron chi connectivity index (χ3n) is 5.60. The van der Waals surface area contributed by atoms with Gasteiger partial charge in [0.1, 0.15) is 24.1 Å². The molecular formula is C29H29BrCl3N3O4. The Morgan fingerprint density at radius 2 is 1.68 bits per heavy atom. The number of ether oxygens (including phenoxy) is 2. The van der Waals surface area contributed by atoms with Crippen LogP contribution >= 0.6 is 50.7 Å². The minimum absolute atomic E-state index is 0.122. The molecule has 0 unspecified atom stereocenters. The fourth-order valence-electron chi connectivity index (χ4n) is 3.57. The third-order valence-corrected chi connectivity index (χ3v) is 6.99. The van der Waals surface area contributed by atoms with Crippen molar-refractivity contribution in [3.05, 3.63) is 91.3 Å². The van der Waals surface area contributed by atoms with E-state index in [9.17, 15) is 9.59 Å². The molecule has 0 saturated heterocycles. The van der Waals surface area contributed by atoms with Crippen LogP contribution in [0.2, 0.25) is 15.1 Å². The average molecular weight is 670 g/mol. The lowest BCUT2D eigenvalue weighted by Gasteiger charge is -2.22. The number of nitrogens with zero attached hydrogens (tertiary/aromatic N) is 1. The van der Waals surface area contributed by atoms with Gasteiger partial charge in [0.15, 0.2) is 6.10 Å². The van der Waals surface area contributed by atoms with Gasteiger partial charge < -0.3 is 14.8 Å². The van der Waals surface area contributed by atoms with E-state index < -0.39 is 24.0 Å². The topological polar surface area (TPSA) is 89.0 Å². The van der Waals surface area contributed by atoms with Crippen LogP contribution in [0, 0.1) is 5.92 Å². The van der Waals surface area contributed by atoms with Gasteiger partial charge in [0.05, 0.1) is 11.2 Å². The number of carbonyl (C=O) groups excluding carboxylic acids is 2. The molecule has 2 atom stereocenters. The maximum absolute atomic E-state index is 13.0. The Morgan fingerprint density at radius 1 is 0.950 bits per heavy atom. The van der Waals surface area contributed by atoms with Crippen LogP contribution in [0.3, 0.4) is 0 Å². The monoisotopic (exact) mass is 667 g/mol. The Balaban J connectivity index is 1.65. The first-order valence-corrected chi connectivity index (χ1v) is 14.4. The largest absolute Gasteiger partial charge is 0.488 e. The Morgan fingerprint density at radius 3 is 2.38 bits per heavy atom. The van der Waals surface area contributed by atoms with Crippen molar-refractivity contribution < 1.29 is 19.1 Å². The van der Waals surface area contributed by atoms with E-state index in [1.54, 1.807) is 31.2 Å². The van der Waals surface area contributed by atoms with Crippen LogP contribution in [0.15, 0.2) is 70.2 Å². The molecule has 0 aliphatic heterocycles. The minimum atomic E-state index is -0.913. The SMILES string of the molecule is CC(C)C[C@@H](NC(=O)[C@@H](C)Oc1ccc(Cl)cc1Cl)C(=O)N/N=C\c1cc(Br)ccc1OCc1ccccc1Cl. The summed E-state index contributed by atoms with van der Waals surface area (Å²) >= 11 is 21.8. The Labute approximate surface area is 257 Å². The van der Waals surface area contributed by atoms with Gasteiger partial charge in [-0.2, -0.15) is 5.10 Å². The normalized spacial score (nSPS) is 12.7. The minimum Gasteiger partial charge on any atom is -0.488 e. The predicted molar refractivity (Wildman–Crippen MR) is 164 cm³/mol. The lowest BCUT2D eigenvalue weighted by Crippen LogP contribution is -2.49. The molecule has 0 spiro atoms. The fraction of sp³-hybridized carbons (Fsp3) is 0.276. The molecule has 0 bridgehead atoms. The van der Waals surface area contributed by atoms with Gasteiger partial charge in [0.2, 0.25) is 0 Å². The maximum atomic E-state index is 13.0. The highest BCUT2D eigenvalue weighted by atomic mass is 79.9. The summed E-state index contributed by atoms with van der Waals surface area (Å²) in [5.74, 6) is 0.0446. The summed E-state index contributed by atoms with van der Waals surface area (Å²) in [5.41, 5.74) is 4.00. The van der Waals surface area contributed by atoms with E-state index in [0.29, 0.717) is 33.5 Å². The second-order valence-corrected chi connectivity index (χ2v) is 11.5. The first-order valence-electron chi connectivity index (χ1n) is 12.4. The van der Waals surface area contributed by atoms with Crippen molar-refractivity contribution in [2.75, 3.05) is 0 Å². The van der Waals surface area contributed by atoms with Crippen molar-refractivity contribution in [2.45, 2.75) is 45.9 Å². The van der Waals surface area contributed by atoms with Gasteiger partial charge in [0.25, 0.3) is 11.8 Å². The molecule has 2 N–H and O–H groups in total. The average Bonchev–Trinajstić information content (AvgIpc) is 2.89. The second kappa shape index (κ2) is 15.3. The van der Waals surface area contributed by atoms with Crippen LogP contribution < -0.4 is 20.2 Å². The number of hydrogen-bond acceptors (Lipinski definition) is 5. The zero-order valence-electron chi connectivity index (χ0n) is 22.1. The van der Waals surface area contributed by atoms with Crippen LogP contribution in [-0.4, -0.2) is 30.2 Å². The van der Waals surface area contributed by atoms with Gasteiger partial charge in [-0.1, -0.05) is 82.8 Å². The fourth-order valence-corrected chi connectivity index (χ4v) is 4.59. The zero-order chi connectivity index (χ0) is 29.2. The summed E-state index contributed by atoms with van der Waals surface area (Å²) in [6.07, 6.45) is 0.960. The summed E-state index contributed by atoms with van der Waals surface area (Å²) in [7, 11) is 0. The Hall–Kier alpha value is -2.78. The van der Waals surface area contributed by atoms with E-state index in [2.05, 4.69) is 31.8 Å². The molecule has 11 heteroatoms. The highest BCUT2D eigenvalue weighted by molar-refractivity contribution is 9.10. The zero-order valence-corrected chi connectivity index (χ0v) is 25.9. The van der Waals surface area contributed by atoms with Crippen molar-refractivity contribution in [3.8, 4) is 11.5 Å². The van der Waals surface area contributed by atoms with Crippen molar-refractivity contribution >= 4 is 68.8 Å². The van der Waals surface area contributed by atoms with Crippen LogP contribution in [0.5, 0.6) is 11.5 Å². The van der Waals surface area contributed by atoms with Crippen LogP contribution in [-0.2, 0) is 16.2 Å². The Bertz CT molecular complexity index is 1370. The third kappa shape index (κ3) is 9.70. The smallest absolute Gasteiger partial charge is 0.262 e. The van der Waals surface area contributed by atoms with E-state index in [-0.39, 0.29) is 17.5 Å². The Kier molecular flexibility index (Phi) is 12.1. The molecule has 2 amide bonds. The summed E-state index contributed by atoms with van der Waals surface area (Å²) in [6, 6.07) is 16.7. The predicted octanol–water partition coefficient (Wildman–Crippen LogP) is 7.44. The standard InChI is InChI=1S/C29H29BrCl3N3O4/c1-17(2)12-25(35-28(37)18(3)40-27-11-9-22(31)14-24(27)33)29(38)36-34-15-20-13-21(30)8-10-26(20)39-16-19-6-4-5-7-23(19)32/h4-11,13-15,17-18,25H,12,16H2,1-3H3,(H,35,37)(H,36,38)/b34-15-/t18-,25-/m1/s1. The van der Waals surface area contributed by atoms with Crippen molar-refractivity contribution in [1.82, 2.24) is 10.7 Å². The summed E-state index contributed by atoms with van der Waals surface area (Å²) in [4.78, 5) is 25.9. The highest BCUT2D eigenvalue weighted by Crippen LogP contribution is 2.28. The quantitative estimate of drug-likeness (QED) is 0.155. The molecule has 0 aromatic heterocycles. The lowest BCUT2D eigenvalue weighted by atomic mass is 10.0. The van der Waals surface area contributed by atoms with Gasteiger partial charge in [0, 0.05) is 25.6 Å². The highest BCUT2D eigenvalue weighted by Gasteiger charge is 2.25. The molecule has 0 fully saturated rings. The van der Waals surface area contributed by atoms with E-state index in [4.69, 9.17) is 44.3 Å². The summed E-state index contributed by atoms with van der Waals surface area (Å²) in [5, 5.41) is 8.20. The van der Waals surface area contributed by atoms with Crippen molar-refractivity contribution in [1.29, 1.82) is 0 Å². The van der Waals surface area contributed by atoms with E-state index in [1.807, 2.05) is 44.2 Å². The first kappa shape index (κ1) is 31.7. The second-order valence-electron chi connectivity index (χ2n) is 9.32. The molecule has 3 aromatic rings. The molecule has 0 saturated carbocycles. The number of halogens is 4. The molecule has 7 nitrogen and oxygen atoms in total. The van der Waals surface area contributed by atoms with E-state index in [0.717, 1.165) is 10.0 Å². The number of carbonyl (C=O) groups is 2. The summed E-state index contributed by atoms with van der Waals surface area (Å²) < 4.78 is 12.5. The molecule has 0 heterocycles. The molecular weight excluding hydrogens is 641 g/mol. The van der Waals surface area contributed by atoms with Crippen LogP contribution in [0.4, 0.5) is 0 Å². The lowest BCUT2D eigenvalue weighted by molar-refractivity contribution is -0.132. The molecule has 0 aliphatic carbocycles. The van der Waals surface area contributed by atoms with Gasteiger partial charge in [-0.25, -0.2) is 5.43 Å².